The van der Waals surface area contributed by atoms with E-state index in [1.165, 1.54) is 85.2 Å². The minimum atomic E-state index is -0.0269. The highest BCUT2D eigenvalue weighted by Gasteiger charge is 2.34. The number of rotatable bonds is 5. The van der Waals surface area contributed by atoms with Crippen LogP contribution in [0.25, 0.3) is 57.9 Å². The SMILES string of the molecule is Cc1cc(C)c(N2CN(c3cccc(Oc4ccc5c6ccc7sc8ccccc8c7c6n(-c6cc(C(C)(C)C)ccn6)c5c4)c3)c3sc4ccccc4c32)c(C)c1. The Bertz CT molecular complexity index is 3270. The molecule has 284 valence electrons. The minimum Gasteiger partial charge on any atom is -0.457 e. The first-order chi connectivity index (χ1) is 28.1. The maximum atomic E-state index is 6.84. The van der Waals surface area contributed by atoms with E-state index in [1.807, 2.05) is 28.9 Å². The molecular formula is C51H42N4OS2. The number of hydrogen-bond donors (Lipinski definition) is 0. The van der Waals surface area contributed by atoms with Crippen molar-refractivity contribution in [2.75, 3.05) is 16.5 Å². The maximum Gasteiger partial charge on any atom is 0.137 e. The molecule has 0 aliphatic carbocycles. The Morgan fingerprint density at radius 1 is 0.603 bits per heavy atom. The molecule has 58 heavy (non-hydrogen) atoms. The largest absolute Gasteiger partial charge is 0.457 e. The Hall–Kier alpha value is -6.15. The highest BCUT2D eigenvalue weighted by atomic mass is 32.1. The number of aromatic nitrogens is 2. The second kappa shape index (κ2) is 12.9. The van der Waals surface area contributed by atoms with Crippen molar-refractivity contribution in [2.45, 2.75) is 47.0 Å². The van der Waals surface area contributed by atoms with E-state index in [0.717, 1.165) is 35.2 Å². The van der Waals surface area contributed by atoms with Crippen LogP contribution in [-0.4, -0.2) is 16.2 Å². The smallest absolute Gasteiger partial charge is 0.137 e. The zero-order chi connectivity index (χ0) is 39.4. The number of hydrogen-bond acceptors (Lipinski definition) is 6. The van der Waals surface area contributed by atoms with E-state index in [4.69, 9.17) is 9.72 Å². The molecule has 6 aromatic carbocycles. The number of fused-ring (bicyclic) bond motifs is 10. The fraction of sp³-hybridized carbons (Fsp3) is 0.157. The van der Waals surface area contributed by atoms with Crippen molar-refractivity contribution < 1.29 is 4.74 Å². The molecule has 10 aromatic rings. The van der Waals surface area contributed by atoms with E-state index in [-0.39, 0.29) is 5.41 Å². The van der Waals surface area contributed by atoms with Gasteiger partial charge in [-0.05, 0) is 97.5 Å². The van der Waals surface area contributed by atoms with Crippen molar-refractivity contribution in [3.8, 4) is 17.3 Å². The molecule has 0 N–H and O–H groups in total. The van der Waals surface area contributed by atoms with Crippen LogP contribution in [0.4, 0.5) is 22.1 Å². The van der Waals surface area contributed by atoms with Crippen LogP contribution >= 0.6 is 22.7 Å². The van der Waals surface area contributed by atoms with Crippen LogP contribution in [0.1, 0.15) is 43.0 Å². The first kappa shape index (κ1) is 35.0. The van der Waals surface area contributed by atoms with Crippen LogP contribution in [0.3, 0.4) is 0 Å². The van der Waals surface area contributed by atoms with Gasteiger partial charge in [-0.1, -0.05) is 87.0 Å². The summed E-state index contributed by atoms with van der Waals surface area (Å²) in [5.41, 5.74) is 11.0. The molecule has 0 radical (unpaired) electrons. The number of anilines is 4. The van der Waals surface area contributed by atoms with Gasteiger partial charge in [0, 0.05) is 70.7 Å². The summed E-state index contributed by atoms with van der Waals surface area (Å²) in [6.45, 7) is 14.1. The number of nitrogens with zero attached hydrogens (tertiary/aromatic N) is 4. The Morgan fingerprint density at radius 3 is 2.12 bits per heavy atom. The van der Waals surface area contributed by atoms with E-state index in [9.17, 15) is 0 Å². The van der Waals surface area contributed by atoms with Gasteiger partial charge in [0.25, 0.3) is 0 Å². The molecule has 0 bridgehead atoms. The van der Waals surface area contributed by atoms with Crippen LogP contribution in [0.5, 0.6) is 11.5 Å². The summed E-state index contributed by atoms with van der Waals surface area (Å²) in [4.78, 5) is 9.98. The third-order valence-corrected chi connectivity index (χ3v) is 14.0. The molecule has 7 heteroatoms. The zero-order valence-corrected chi connectivity index (χ0v) is 35.1. The van der Waals surface area contributed by atoms with Gasteiger partial charge in [-0.3, -0.25) is 4.57 Å². The molecule has 0 atom stereocenters. The molecule has 1 aliphatic rings. The van der Waals surface area contributed by atoms with Crippen molar-refractivity contribution in [2.24, 2.45) is 0 Å². The predicted octanol–water partition coefficient (Wildman–Crippen LogP) is 15.0. The van der Waals surface area contributed by atoms with Gasteiger partial charge in [-0.15, -0.1) is 22.7 Å². The summed E-state index contributed by atoms with van der Waals surface area (Å²) >= 11 is 3.70. The molecule has 0 fully saturated rings. The lowest BCUT2D eigenvalue weighted by Crippen LogP contribution is -2.25. The molecule has 1 aliphatic heterocycles. The van der Waals surface area contributed by atoms with Gasteiger partial charge in [0.2, 0.25) is 0 Å². The first-order valence-corrected chi connectivity index (χ1v) is 21.5. The monoisotopic (exact) mass is 790 g/mol. The average Bonchev–Trinajstić information content (AvgIpc) is 3.96. The first-order valence-electron chi connectivity index (χ1n) is 19.9. The van der Waals surface area contributed by atoms with Crippen LogP contribution in [0.15, 0.2) is 134 Å². The normalized spacial score (nSPS) is 13.2. The van der Waals surface area contributed by atoms with Crippen LogP contribution in [-0.2, 0) is 5.41 Å². The number of thiophene rings is 2. The topological polar surface area (TPSA) is 33.5 Å². The number of aryl methyl sites for hydroxylation is 3. The minimum absolute atomic E-state index is 0.0269. The molecule has 0 saturated carbocycles. The van der Waals surface area contributed by atoms with Crippen molar-refractivity contribution in [3.63, 3.8) is 0 Å². The molecule has 0 amide bonds. The van der Waals surface area contributed by atoms with Crippen molar-refractivity contribution in [1.82, 2.24) is 9.55 Å². The lowest BCUT2D eigenvalue weighted by Gasteiger charge is -2.26. The molecular weight excluding hydrogens is 749 g/mol. The number of benzene rings is 6. The van der Waals surface area contributed by atoms with Gasteiger partial charge >= 0.3 is 0 Å². The molecule has 0 saturated heterocycles. The lowest BCUT2D eigenvalue weighted by atomic mass is 9.88. The summed E-state index contributed by atoms with van der Waals surface area (Å²) in [7, 11) is 0. The summed E-state index contributed by atoms with van der Waals surface area (Å²) < 4.78 is 13.0. The quantitative estimate of drug-likeness (QED) is 0.174. The van der Waals surface area contributed by atoms with Gasteiger partial charge in [0.15, 0.2) is 0 Å². The van der Waals surface area contributed by atoms with Gasteiger partial charge in [-0.2, -0.15) is 0 Å². The average molecular weight is 791 g/mol. The van der Waals surface area contributed by atoms with Crippen LogP contribution < -0.4 is 14.5 Å². The van der Waals surface area contributed by atoms with E-state index < -0.39 is 0 Å². The molecule has 0 spiro atoms. The number of ether oxygens (including phenoxy) is 1. The van der Waals surface area contributed by atoms with Crippen LogP contribution in [0, 0.1) is 20.8 Å². The molecule has 11 rings (SSSR count). The van der Waals surface area contributed by atoms with E-state index in [0.29, 0.717) is 0 Å². The number of pyridine rings is 1. The fourth-order valence-corrected chi connectivity index (χ4v) is 11.5. The third-order valence-electron chi connectivity index (χ3n) is 11.7. The van der Waals surface area contributed by atoms with E-state index in [2.05, 4.69) is 183 Å². The Labute approximate surface area is 346 Å². The maximum absolute atomic E-state index is 6.84. The Kier molecular flexibility index (Phi) is 7.81. The summed E-state index contributed by atoms with van der Waals surface area (Å²) in [6.07, 6.45) is 1.95. The summed E-state index contributed by atoms with van der Waals surface area (Å²) in [5, 5.41) is 7.46. The van der Waals surface area contributed by atoms with E-state index in [1.54, 1.807) is 0 Å². The van der Waals surface area contributed by atoms with Crippen molar-refractivity contribution >= 4 is 96.8 Å². The molecule has 4 aromatic heterocycles. The summed E-state index contributed by atoms with van der Waals surface area (Å²) in [6, 6.07) is 46.2. The van der Waals surface area contributed by atoms with Gasteiger partial charge in [0.1, 0.15) is 29.0 Å². The molecule has 5 heterocycles. The fourth-order valence-electron chi connectivity index (χ4n) is 9.17. The highest BCUT2D eigenvalue weighted by molar-refractivity contribution is 7.26. The predicted molar refractivity (Wildman–Crippen MR) is 248 cm³/mol. The lowest BCUT2D eigenvalue weighted by molar-refractivity contribution is 0.483. The van der Waals surface area contributed by atoms with Crippen LogP contribution in [0.2, 0.25) is 0 Å². The summed E-state index contributed by atoms with van der Waals surface area (Å²) in [5.74, 6) is 2.48. The standard InChI is InChI=1S/C51H42N4OS2/c1-30-24-31(2)47(32(3)25-30)54-29-53(50-49(54)40-15-8-10-17-43(40)58-50)34-12-11-13-35(27-34)56-36-18-19-37-38-20-21-44-46(39-14-7-9-16-42(39)57-44)48(38)55(41(37)28-36)45-26-33(22-23-52-45)51(4,5)6/h7-28H,29H2,1-6H3. The zero-order valence-electron chi connectivity index (χ0n) is 33.4. The molecule has 5 nitrogen and oxygen atoms in total. The van der Waals surface area contributed by atoms with Crippen molar-refractivity contribution in [1.29, 1.82) is 0 Å². The van der Waals surface area contributed by atoms with Crippen molar-refractivity contribution in [3.05, 3.63) is 156 Å². The second-order valence-corrected chi connectivity index (χ2v) is 18.8. The van der Waals surface area contributed by atoms with Gasteiger partial charge in [-0.25, -0.2) is 4.98 Å². The van der Waals surface area contributed by atoms with Gasteiger partial charge < -0.3 is 14.5 Å². The Morgan fingerprint density at radius 2 is 1.33 bits per heavy atom. The van der Waals surface area contributed by atoms with E-state index >= 15 is 0 Å². The second-order valence-electron chi connectivity index (χ2n) is 16.7. The Balaban J connectivity index is 1.04. The highest BCUT2D eigenvalue weighted by Crippen LogP contribution is 2.55. The third kappa shape index (κ3) is 5.44. The molecule has 0 unspecified atom stereocenters. The van der Waals surface area contributed by atoms with Gasteiger partial charge in [0.05, 0.1) is 16.7 Å².